The molecular weight excluding hydrogens is 188 g/mol. The summed E-state index contributed by atoms with van der Waals surface area (Å²) in [5.41, 5.74) is 0. The molecule has 0 aromatic rings. The van der Waals surface area contributed by atoms with Gasteiger partial charge in [0.25, 0.3) is 0 Å². The van der Waals surface area contributed by atoms with E-state index in [1.54, 1.807) is 0 Å². The summed E-state index contributed by atoms with van der Waals surface area (Å²) in [5.74, 6) is 0. The molecular formula is C12H24N2O. The van der Waals surface area contributed by atoms with Crippen LogP contribution >= 0.6 is 0 Å². The SMILES string of the molecule is CC1CC(NC2CCCC2O)CCN1C. The largest absolute Gasteiger partial charge is 0.392 e. The van der Waals surface area contributed by atoms with E-state index < -0.39 is 0 Å². The lowest BCUT2D eigenvalue weighted by Crippen LogP contribution is -2.50. The minimum atomic E-state index is -0.0973. The van der Waals surface area contributed by atoms with Crippen LogP contribution < -0.4 is 5.32 Å². The van der Waals surface area contributed by atoms with Crippen molar-refractivity contribution >= 4 is 0 Å². The topological polar surface area (TPSA) is 35.5 Å². The number of hydrogen-bond acceptors (Lipinski definition) is 3. The Morgan fingerprint density at radius 3 is 2.67 bits per heavy atom. The van der Waals surface area contributed by atoms with E-state index in [2.05, 4.69) is 24.2 Å². The summed E-state index contributed by atoms with van der Waals surface area (Å²) >= 11 is 0. The molecule has 0 spiro atoms. The summed E-state index contributed by atoms with van der Waals surface area (Å²) in [5, 5.41) is 13.4. The first-order valence-corrected chi connectivity index (χ1v) is 6.31. The Kier molecular flexibility index (Phi) is 3.65. The highest BCUT2D eigenvalue weighted by Crippen LogP contribution is 2.22. The highest BCUT2D eigenvalue weighted by atomic mass is 16.3. The van der Waals surface area contributed by atoms with E-state index >= 15 is 0 Å². The van der Waals surface area contributed by atoms with Gasteiger partial charge >= 0.3 is 0 Å². The lowest BCUT2D eigenvalue weighted by atomic mass is 9.97. The zero-order valence-corrected chi connectivity index (χ0v) is 9.95. The number of nitrogens with zero attached hydrogens (tertiary/aromatic N) is 1. The average Bonchev–Trinajstić information content (AvgIpc) is 2.59. The monoisotopic (exact) mass is 212 g/mol. The van der Waals surface area contributed by atoms with E-state index in [4.69, 9.17) is 0 Å². The van der Waals surface area contributed by atoms with Gasteiger partial charge in [-0.2, -0.15) is 0 Å². The van der Waals surface area contributed by atoms with Crippen molar-refractivity contribution in [1.82, 2.24) is 10.2 Å². The number of nitrogens with one attached hydrogen (secondary N) is 1. The fourth-order valence-electron chi connectivity index (χ4n) is 2.88. The maximum atomic E-state index is 9.76. The minimum absolute atomic E-state index is 0.0973. The molecule has 1 heterocycles. The normalized spacial score (nSPS) is 43.4. The van der Waals surface area contributed by atoms with Crippen LogP contribution in [0.2, 0.25) is 0 Å². The van der Waals surface area contributed by atoms with Crippen LogP contribution in [0.25, 0.3) is 0 Å². The highest BCUT2D eigenvalue weighted by molar-refractivity contribution is 4.89. The molecule has 0 radical (unpaired) electrons. The van der Waals surface area contributed by atoms with Crippen LogP contribution in [0.1, 0.15) is 39.0 Å². The molecule has 2 N–H and O–H groups in total. The number of likely N-dealkylation sites (tertiary alicyclic amines) is 1. The molecule has 4 atom stereocenters. The van der Waals surface area contributed by atoms with E-state index in [-0.39, 0.29) is 6.10 Å². The van der Waals surface area contributed by atoms with Gasteiger partial charge in [0.2, 0.25) is 0 Å². The second-order valence-electron chi connectivity index (χ2n) is 5.32. The molecule has 3 nitrogen and oxygen atoms in total. The second kappa shape index (κ2) is 4.81. The Morgan fingerprint density at radius 2 is 2.07 bits per heavy atom. The summed E-state index contributed by atoms with van der Waals surface area (Å²) in [6, 6.07) is 1.66. The number of aliphatic hydroxyl groups is 1. The molecule has 1 saturated carbocycles. The van der Waals surface area contributed by atoms with Crippen molar-refractivity contribution in [2.24, 2.45) is 0 Å². The maximum Gasteiger partial charge on any atom is 0.0693 e. The van der Waals surface area contributed by atoms with Gasteiger partial charge in [-0.05, 0) is 52.6 Å². The van der Waals surface area contributed by atoms with Crippen LogP contribution in [0.4, 0.5) is 0 Å². The molecule has 1 aliphatic carbocycles. The highest BCUT2D eigenvalue weighted by Gasteiger charge is 2.29. The molecule has 15 heavy (non-hydrogen) atoms. The zero-order chi connectivity index (χ0) is 10.8. The number of aliphatic hydroxyl groups excluding tert-OH is 1. The number of rotatable bonds is 2. The molecule has 3 heteroatoms. The van der Waals surface area contributed by atoms with Crippen molar-refractivity contribution in [2.75, 3.05) is 13.6 Å². The van der Waals surface area contributed by atoms with Gasteiger partial charge < -0.3 is 15.3 Å². The summed E-state index contributed by atoms with van der Waals surface area (Å²) in [6.45, 7) is 3.47. The van der Waals surface area contributed by atoms with Gasteiger partial charge in [-0.3, -0.25) is 0 Å². The van der Waals surface area contributed by atoms with Gasteiger partial charge in [0.15, 0.2) is 0 Å². The van der Waals surface area contributed by atoms with Crippen molar-refractivity contribution in [3.63, 3.8) is 0 Å². The van der Waals surface area contributed by atoms with Gasteiger partial charge in [-0.1, -0.05) is 0 Å². The van der Waals surface area contributed by atoms with Gasteiger partial charge in [-0.15, -0.1) is 0 Å². The molecule has 2 fully saturated rings. The molecule has 2 aliphatic rings. The molecule has 2 rings (SSSR count). The molecule has 0 amide bonds. The van der Waals surface area contributed by atoms with Crippen LogP contribution in [-0.2, 0) is 0 Å². The van der Waals surface area contributed by atoms with E-state index in [9.17, 15) is 5.11 Å². The third-order valence-electron chi connectivity index (χ3n) is 4.14. The first-order valence-electron chi connectivity index (χ1n) is 6.31. The van der Waals surface area contributed by atoms with Crippen LogP contribution in [0, 0.1) is 0 Å². The van der Waals surface area contributed by atoms with Crippen LogP contribution in [0.15, 0.2) is 0 Å². The predicted molar refractivity (Wildman–Crippen MR) is 61.9 cm³/mol. The fourth-order valence-corrected chi connectivity index (χ4v) is 2.88. The van der Waals surface area contributed by atoms with Gasteiger partial charge in [0, 0.05) is 18.1 Å². The maximum absolute atomic E-state index is 9.76. The van der Waals surface area contributed by atoms with Crippen molar-refractivity contribution in [3.8, 4) is 0 Å². The molecule has 0 aromatic heterocycles. The number of piperidine rings is 1. The molecule has 0 aromatic carbocycles. The van der Waals surface area contributed by atoms with Crippen molar-refractivity contribution in [2.45, 2.75) is 63.3 Å². The lowest BCUT2D eigenvalue weighted by Gasteiger charge is -2.37. The summed E-state index contributed by atoms with van der Waals surface area (Å²) in [6.07, 6.45) is 5.67. The molecule has 0 bridgehead atoms. The molecule has 1 saturated heterocycles. The first kappa shape index (κ1) is 11.4. The van der Waals surface area contributed by atoms with Crippen molar-refractivity contribution in [1.29, 1.82) is 0 Å². The van der Waals surface area contributed by atoms with Crippen LogP contribution in [0.3, 0.4) is 0 Å². The Balaban J connectivity index is 1.80. The third kappa shape index (κ3) is 2.71. The zero-order valence-electron chi connectivity index (χ0n) is 9.95. The molecule has 4 unspecified atom stereocenters. The Labute approximate surface area is 92.8 Å². The Morgan fingerprint density at radius 1 is 1.27 bits per heavy atom. The lowest BCUT2D eigenvalue weighted by molar-refractivity contribution is 0.117. The molecule has 88 valence electrons. The van der Waals surface area contributed by atoms with Crippen molar-refractivity contribution in [3.05, 3.63) is 0 Å². The van der Waals surface area contributed by atoms with E-state index in [0.717, 1.165) is 12.8 Å². The van der Waals surface area contributed by atoms with E-state index in [1.165, 1.54) is 25.8 Å². The standard InChI is InChI=1S/C12H24N2O/c1-9-8-10(6-7-14(9)2)13-11-4-3-5-12(11)15/h9-13,15H,3-8H2,1-2H3. The number of hydrogen-bond donors (Lipinski definition) is 2. The summed E-state index contributed by atoms with van der Waals surface area (Å²) in [7, 11) is 2.20. The van der Waals surface area contributed by atoms with Gasteiger partial charge in [-0.25, -0.2) is 0 Å². The van der Waals surface area contributed by atoms with Crippen LogP contribution in [0.5, 0.6) is 0 Å². The van der Waals surface area contributed by atoms with Crippen LogP contribution in [-0.4, -0.2) is 47.8 Å². The van der Waals surface area contributed by atoms with E-state index in [0.29, 0.717) is 18.1 Å². The smallest absolute Gasteiger partial charge is 0.0693 e. The van der Waals surface area contributed by atoms with Gasteiger partial charge in [0.05, 0.1) is 6.10 Å². The second-order valence-corrected chi connectivity index (χ2v) is 5.32. The van der Waals surface area contributed by atoms with Crippen molar-refractivity contribution < 1.29 is 5.11 Å². The summed E-state index contributed by atoms with van der Waals surface area (Å²) in [4.78, 5) is 2.42. The third-order valence-corrected chi connectivity index (χ3v) is 4.14. The summed E-state index contributed by atoms with van der Waals surface area (Å²) < 4.78 is 0. The predicted octanol–water partition coefficient (Wildman–Crippen LogP) is 0.972. The quantitative estimate of drug-likeness (QED) is 0.716. The fraction of sp³-hybridized carbons (Fsp3) is 1.00. The first-order chi connectivity index (χ1) is 7.16. The van der Waals surface area contributed by atoms with Gasteiger partial charge in [0.1, 0.15) is 0 Å². The Hall–Kier alpha value is -0.120. The Bertz CT molecular complexity index is 210. The minimum Gasteiger partial charge on any atom is -0.392 e. The van der Waals surface area contributed by atoms with E-state index in [1.807, 2.05) is 0 Å². The average molecular weight is 212 g/mol. The molecule has 1 aliphatic heterocycles.